The van der Waals surface area contributed by atoms with Crippen LogP contribution in [0.3, 0.4) is 0 Å². The molecule has 150 valence electrons. The van der Waals surface area contributed by atoms with E-state index in [2.05, 4.69) is 10.4 Å². The minimum absolute atomic E-state index is 0.0952. The van der Waals surface area contributed by atoms with Crippen LogP contribution in [0.2, 0.25) is 5.02 Å². The number of hydrogen-bond donors (Lipinski definition) is 1. The summed E-state index contributed by atoms with van der Waals surface area (Å²) in [6.45, 7) is 2.45. The van der Waals surface area contributed by atoms with Gasteiger partial charge < -0.3 is 4.90 Å². The minimum atomic E-state index is -0.472. The van der Waals surface area contributed by atoms with E-state index in [-0.39, 0.29) is 34.6 Å². The Kier molecular flexibility index (Phi) is 5.00. The molecule has 1 aliphatic carbocycles. The van der Waals surface area contributed by atoms with Gasteiger partial charge in [0.05, 0.1) is 10.9 Å². The van der Waals surface area contributed by atoms with Gasteiger partial charge in [0, 0.05) is 30.6 Å². The van der Waals surface area contributed by atoms with Crippen LogP contribution >= 0.6 is 11.6 Å². The Morgan fingerprint density at radius 3 is 2.72 bits per heavy atom. The maximum atomic E-state index is 13.6. The fourth-order valence-electron chi connectivity index (χ4n) is 3.40. The highest BCUT2D eigenvalue weighted by Gasteiger charge is 2.44. The smallest absolute Gasteiger partial charge is 0.281 e. The van der Waals surface area contributed by atoms with Crippen molar-refractivity contribution in [1.29, 1.82) is 0 Å². The normalized spacial score (nSPS) is 17.9. The summed E-state index contributed by atoms with van der Waals surface area (Å²) in [4.78, 5) is 31.9. The van der Waals surface area contributed by atoms with E-state index in [1.807, 2.05) is 19.1 Å². The molecule has 1 fully saturated rings. The van der Waals surface area contributed by atoms with E-state index >= 15 is 0 Å². The number of fused-ring (bicyclic) bond motifs is 1. The predicted molar refractivity (Wildman–Crippen MR) is 112 cm³/mol. The molecule has 1 aliphatic rings. The third-order valence-corrected chi connectivity index (χ3v) is 5.53. The molecule has 1 saturated carbocycles. The third kappa shape index (κ3) is 3.70. The zero-order valence-electron chi connectivity index (χ0n) is 16.0. The highest BCUT2D eigenvalue weighted by atomic mass is 35.5. The fraction of sp³-hybridized carbons (Fsp3) is 0.286. The van der Waals surface area contributed by atoms with E-state index in [4.69, 9.17) is 11.6 Å². The molecule has 4 rings (SSSR count). The molecule has 1 aromatic heterocycles. The maximum Gasteiger partial charge on any atom is 0.281 e. The summed E-state index contributed by atoms with van der Waals surface area (Å²) in [6, 6.07) is 11.2. The van der Waals surface area contributed by atoms with Gasteiger partial charge in [-0.2, -0.15) is 4.68 Å². The van der Waals surface area contributed by atoms with Crippen LogP contribution in [-0.4, -0.2) is 29.2 Å². The van der Waals surface area contributed by atoms with Gasteiger partial charge in [0.25, 0.3) is 5.56 Å². The van der Waals surface area contributed by atoms with Crippen molar-refractivity contribution < 1.29 is 9.18 Å². The summed E-state index contributed by atoms with van der Waals surface area (Å²) in [6.07, 6.45) is 0.702. The molecule has 1 N–H and O–H groups in total. The molecule has 2 aromatic carbocycles. The monoisotopic (exact) mass is 414 g/mol. The molecule has 0 unspecified atom stereocenters. The molecule has 0 saturated heterocycles. The molecule has 0 spiro atoms. The molecular formula is C21H20ClFN4O2. The molecular weight excluding hydrogens is 395 g/mol. The number of benzene rings is 2. The van der Waals surface area contributed by atoms with Crippen molar-refractivity contribution in [1.82, 2.24) is 9.66 Å². The van der Waals surface area contributed by atoms with Crippen LogP contribution in [0.1, 0.15) is 24.8 Å². The number of rotatable bonds is 5. The topological polar surface area (TPSA) is 67.2 Å². The average molecular weight is 415 g/mol. The molecule has 6 nitrogen and oxygen atoms in total. The van der Waals surface area contributed by atoms with Crippen LogP contribution in [0.25, 0.3) is 10.9 Å². The summed E-state index contributed by atoms with van der Waals surface area (Å²) < 4.78 is 14.8. The van der Waals surface area contributed by atoms with Crippen LogP contribution in [0.15, 0.2) is 47.3 Å². The quantitative estimate of drug-likeness (QED) is 0.693. The van der Waals surface area contributed by atoms with Gasteiger partial charge in [-0.25, -0.2) is 9.37 Å². The minimum Gasteiger partial charge on any atom is -0.344 e. The fourth-order valence-corrected chi connectivity index (χ4v) is 3.53. The maximum absolute atomic E-state index is 13.6. The molecule has 2 atom stereocenters. The first-order chi connectivity index (χ1) is 13.9. The van der Waals surface area contributed by atoms with Crippen molar-refractivity contribution in [3.63, 3.8) is 0 Å². The highest BCUT2D eigenvalue weighted by molar-refractivity contribution is 6.30. The summed E-state index contributed by atoms with van der Waals surface area (Å²) >= 11 is 5.93. The second-order valence-corrected chi connectivity index (χ2v) is 7.64. The molecule has 29 heavy (non-hydrogen) atoms. The Labute approximate surface area is 171 Å². The molecule has 8 heteroatoms. The first-order valence-corrected chi connectivity index (χ1v) is 9.76. The third-order valence-electron chi connectivity index (χ3n) is 5.28. The van der Waals surface area contributed by atoms with E-state index in [9.17, 15) is 14.0 Å². The van der Waals surface area contributed by atoms with Crippen LogP contribution < -0.4 is 15.9 Å². The first-order valence-electron chi connectivity index (χ1n) is 9.38. The lowest BCUT2D eigenvalue weighted by Gasteiger charge is -2.21. The summed E-state index contributed by atoms with van der Waals surface area (Å²) in [5.41, 5.74) is 3.57. The Morgan fingerprint density at radius 1 is 1.31 bits per heavy atom. The summed E-state index contributed by atoms with van der Waals surface area (Å²) in [5.74, 6) is -0.599. The van der Waals surface area contributed by atoms with Crippen molar-refractivity contribution in [2.75, 3.05) is 23.9 Å². The number of anilines is 1. The second kappa shape index (κ2) is 7.48. The van der Waals surface area contributed by atoms with Gasteiger partial charge in [-0.15, -0.1) is 0 Å². The predicted octanol–water partition coefficient (Wildman–Crippen LogP) is 3.52. The van der Waals surface area contributed by atoms with Gasteiger partial charge in [0.15, 0.2) is 0 Å². The van der Waals surface area contributed by atoms with E-state index < -0.39 is 11.4 Å². The lowest BCUT2D eigenvalue weighted by Crippen LogP contribution is -2.39. The molecule has 0 aliphatic heterocycles. The molecule has 1 amide bonds. The number of carbonyl (C=O) groups is 1. The molecule has 3 aromatic rings. The van der Waals surface area contributed by atoms with Gasteiger partial charge >= 0.3 is 0 Å². The number of nitrogens with one attached hydrogen (secondary N) is 1. The number of amides is 1. The average Bonchev–Trinajstić information content (AvgIpc) is 3.50. The number of nitrogens with zero attached hydrogens (tertiary/aromatic N) is 3. The lowest BCUT2D eigenvalue weighted by molar-refractivity contribution is -0.118. The van der Waals surface area contributed by atoms with Crippen molar-refractivity contribution in [3.05, 3.63) is 69.2 Å². The standard InChI is InChI=1S/C21H20ClFN4O2/c1-3-26(2)21-24-18-10-14(23)8-9-15(18)20(29)27(21)25-19(28)17-11-16(17)12-4-6-13(22)7-5-12/h4-10,16-17H,3,11H2,1-2H3,(H,25,28)/t16-,17-/m1/s1. The van der Waals surface area contributed by atoms with Crippen LogP contribution in [0, 0.1) is 11.7 Å². The largest absolute Gasteiger partial charge is 0.344 e. The summed E-state index contributed by atoms with van der Waals surface area (Å²) in [7, 11) is 1.75. The van der Waals surface area contributed by atoms with Crippen LogP contribution in [0.4, 0.5) is 10.3 Å². The van der Waals surface area contributed by atoms with E-state index in [0.29, 0.717) is 18.0 Å². The number of aromatic nitrogens is 2. The Morgan fingerprint density at radius 2 is 2.03 bits per heavy atom. The lowest BCUT2D eigenvalue weighted by atomic mass is 10.1. The van der Waals surface area contributed by atoms with Gasteiger partial charge in [-0.05, 0) is 49.1 Å². The SMILES string of the molecule is CCN(C)c1nc2cc(F)ccc2c(=O)n1NC(=O)[C@@H]1C[C@@H]1c1ccc(Cl)cc1. The Bertz CT molecular complexity index is 1150. The Hall–Kier alpha value is -2.93. The van der Waals surface area contributed by atoms with E-state index in [1.54, 1.807) is 24.1 Å². The molecule has 0 bridgehead atoms. The molecule has 1 heterocycles. The number of carbonyl (C=O) groups excluding carboxylic acids is 1. The van der Waals surface area contributed by atoms with Gasteiger partial charge in [-0.3, -0.25) is 15.0 Å². The van der Waals surface area contributed by atoms with Gasteiger partial charge in [0.1, 0.15) is 5.82 Å². The van der Waals surface area contributed by atoms with Crippen LogP contribution in [0.5, 0.6) is 0 Å². The van der Waals surface area contributed by atoms with Gasteiger partial charge in [-0.1, -0.05) is 23.7 Å². The van der Waals surface area contributed by atoms with E-state index in [1.165, 1.54) is 18.2 Å². The van der Waals surface area contributed by atoms with E-state index in [0.717, 1.165) is 10.2 Å². The first kappa shape index (κ1) is 19.4. The zero-order valence-corrected chi connectivity index (χ0v) is 16.8. The van der Waals surface area contributed by atoms with Crippen molar-refractivity contribution in [2.45, 2.75) is 19.3 Å². The van der Waals surface area contributed by atoms with Crippen molar-refractivity contribution in [2.24, 2.45) is 5.92 Å². The van der Waals surface area contributed by atoms with Gasteiger partial charge in [0.2, 0.25) is 11.9 Å². The zero-order chi connectivity index (χ0) is 20.7. The van der Waals surface area contributed by atoms with Crippen LogP contribution in [-0.2, 0) is 4.79 Å². The van der Waals surface area contributed by atoms with Crippen molar-refractivity contribution in [3.8, 4) is 0 Å². The Balaban J connectivity index is 1.65. The highest BCUT2D eigenvalue weighted by Crippen LogP contribution is 2.47. The summed E-state index contributed by atoms with van der Waals surface area (Å²) in [5, 5.41) is 0.887. The van der Waals surface area contributed by atoms with Crippen molar-refractivity contribution >= 4 is 34.4 Å². The second-order valence-electron chi connectivity index (χ2n) is 7.20. The molecule has 0 radical (unpaired) electrons. The number of halogens is 2. The number of hydrogen-bond acceptors (Lipinski definition) is 4.